The van der Waals surface area contributed by atoms with E-state index in [1.807, 2.05) is 6.92 Å². The molecular formula is C10H12N2O4. The van der Waals surface area contributed by atoms with Crippen LogP contribution in [0.3, 0.4) is 0 Å². The Balaban J connectivity index is 3.28. The van der Waals surface area contributed by atoms with E-state index in [2.05, 4.69) is 4.99 Å². The summed E-state index contributed by atoms with van der Waals surface area (Å²) < 4.78 is 4.96. The lowest BCUT2D eigenvalue weighted by Gasteiger charge is -2.06. The highest BCUT2D eigenvalue weighted by molar-refractivity contribution is 5.88. The summed E-state index contributed by atoms with van der Waals surface area (Å²) in [5.74, 6) is 0.00662. The molecule has 0 saturated carbocycles. The summed E-state index contributed by atoms with van der Waals surface area (Å²) in [6, 6.07) is 2.32. The number of nitro benzene ring substituents is 1. The minimum Gasteiger partial charge on any atom is -0.507 e. The van der Waals surface area contributed by atoms with Gasteiger partial charge in [0.05, 0.1) is 29.7 Å². The van der Waals surface area contributed by atoms with E-state index >= 15 is 0 Å². The molecule has 1 rings (SSSR count). The SMILES string of the molecule is CCN=Cc1c(O)cc([N+](=O)[O-])cc1OC. The van der Waals surface area contributed by atoms with Crippen LogP contribution >= 0.6 is 0 Å². The maximum Gasteiger partial charge on any atom is 0.276 e. The van der Waals surface area contributed by atoms with Gasteiger partial charge in [-0.1, -0.05) is 0 Å². The van der Waals surface area contributed by atoms with E-state index in [0.29, 0.717) is 12.1 Å². The highest BCUT2D eigenvalue weighted by atomic mass is 16.6. The summed E-state index contributed by atoms with van der Waals surface area (Å²) in [4.78, 5) is 13.9. The van der Waals surface area contributed by atoms with Crippen molar-refractivity contribution in [2.45, 2.75) is 6.92 Å². The number of nitro groups is 1. The number of aromatic hydroxyl groups is 1. The second-order valence-corrected chi connectivity index (χ2v) is 2.97. The van der Waals surface area contributed by atoms with Crippen LogP contribution in [0.25, 0.3) is 0 Å². The number of phenolic OH excluding ortho intramolecular Hbond substituents is 1. The summed E-state index contributed by atoms with van der Waals surface area (Å²) in [5, 5.41) is 20.2. The number of methoxy groups -OCH3 is 1. The van der Waals surface area contributed by atoms with Crippen molar-refractivity contribution in [2.75, 3.05) is 13.7 Å². The van der Waals surface area contributed by atoms with Gasteiger partial charge in [-0.15, -0.1) is 0 Å². The Morgan fingerprint density at radius 2 is 2.31 bits per heavy atom. The molecule has 0 saturated heterocycles. The summed E-state index contributed by atoms with van der Waals surface area (Å²) in [6.45, 7) is 2.39. The smallest absolute Gasteiger partial charge is 0.276 e. The average Bonchev–Trinajstić information content (AvgIpc) is 2.26. The van der Waals surface area contributed by atoms with Gasteiger partial charge in [0.1, 0.15) is 11.5 Å². The van der Waals surface area contributed by atoms with Crippen molar-refractivity contribution in [1.29, 1.82) is 0 Å². The number of hydrogen-bond acceptors (Lipinski definition) is 5. The number of aliphatic imine (C=N–C) groups is 1. The first-order valence-corrected chi connectivity index (χ1v) is 4.65. The molecule has 0 radical (unpaired) electrons. The van der Waals surface area contributed by atoms with Crippen LogP contribution in [0.5, 0.6) is 11.5 Å². The van der Waals surface area contributed by atoms with Gasteiger partial charge < -0.3 is 9.84 Å². The summed E-state index contributed by atoms with van der Waals surface area (Å²) >= 11 is 0. The highest BCUT2D eigenvalue weighted by Gasteiger charge is 2.15. The van der Waals surface area contributed by atoms with Crippen molar-refractivity contribution in [3.05, 3.63) is 27.8 Å². The number of benzene rings is 1. The van der Waals surface area contributed by atoms with Gasteiger partial charge in [-0.2, -0.15) is 0 Å². The van der Waals surface area contributed by atoms with Crippen LogP contribution in [0.2, 0.25) is 0 Å². The third-order valence-electron chi connectivity index (χ3n) is 1.94. The lowest BCUT2D eigenvalue weighted by Crippen LogP contribution is -1.95. The molecule has 0 aliphatic rings. The average molecular weight is 224 g/mol. The minimum absolute atomic E-state index is 0.219. The summed E-state index contributed by atoms with van der Waals surface area (Å²) in [5.41, 5.74) is 0.123. The molecule has 0 bridgehead atoms. The molecule has 1 N–H and O–H groups in total. The third kappa shape index (κ3) is 2.47. The molecule has 0 fully saturated rings. The van der Waals surface area contributed by atoms with Gasteiger partial charge in [0, 0.05) is 12.8 Å². The molecule has 1 aromatic rings. The van der Waals surface area contributed by atoms with E-state index in [9.17, 15) is 15.2 Å². The van der Waals surface area contributed by atoms with Crippen LogP contribution in [0.1, 0.15) is 12.5 Å². The monoisotopic (exact) mass is 224 g/mol. The van der Waals surface area contributed by atoms with E-state index in [1.165, 1.54) is 19.4 Å². The Bertz CT molecular complexity index is 429. The minimum atomic E-state index is -0.594. The van der Waals surface area contributed by atoms with E-state index in [4.69, 9.17) is 4.74 Å². The Labute approximate surface area is 92.3 Å². The van der Waals surface area contributed by atoms with Crippen LogP contribution in [0, 0.1) is 10.1 Å². The fraction of sp³-hybridized carbons (Fsp3) is 0.300. The first kappa shape index (κ1) is 12.0. The summed E-state index contributed by atoms with van der Waals surface area (Å²) in [6.07, 6.45) is 1.43. The Kier molecular flexibility index (Phi) is 3.82. The zero-order valence-electron chi connectivity index (χ0n) is 9.01. The van der Waals surface area contributed by atoms with E-state index in [1.54, 1.807) is 0 Å². The van der Waals surface area contributed by atoms with Crippen LogP contribution in [0.4, 0.5) is 5.69 Å². The van der Waals surface area contributed by atoms with E-state index in [-0.39, 0.29) is 17.2 Å². The summed E-state index contributed by atoms with van der Waals surface area (Å²) in [7, 11) is 1.38. The zero-order chi connectivity index (χ0) is 12.1. The first-order chi connectivity index (χ1) is 7.60. The highest BCUT2D eigenvalue weighted by Crippen LogP contribution is 2.31. The molecule has 0 aliphatic heterocycles. The molecule has 6 nitrogen and oxygen atoms in total. The van der Waals surface area contributed by atoms with Gasteiger partial charge in [0.25, 0.3) is 5.69 Å². The van der Waals surface area contributed by atoms with Gasteiger partial charge in [0.15, 0.2) is 0 Å². The Morgan fingerprint density at radius 1 is 1.62 bits per heavy atom. The predicted molar refractivity (Wildman–Crippen MR) is 59.4 cm³/mol. The second kappa shape index (κ2) is 5.11. The third-order valence-corrected chi connectivity index (χ3v) is 1.94. The predicted octanol–water partition coefficient (Wildman–Crippen LogP) is 1.75. The number of hydrogen-bond donors (Lipinski definition) is 1. The molecule has 6 heteroatoms. The molecule has 1 aromatic carbocycles. The van der Waals surface area contributed by atoms with Crippen molar-refractivity contribution < 1.29 is 14.8 Å². The van der Waals surface area contributed by atoms with Crippen molar-refractivity contribution >= 4 is 11.9 Å². The van der Waals surface area contributed by atoms with Gasteiger partial charge in [-0.25, -0.2) is 0 Å². The quantitative estimate of drug-likeness (QED) is 0.479. The number of phenols is 1. The number of ether oxygens (including phenoxy) is 1. The van der Waals surface area contributed by atoms with Crippen molar-refractivity contribution in [2.24, 2.45) is 4.99 Å². The van der Waals surface area contributed by atoms with Gasteiger partial charge >= 0.3 is 0 Å². The van der Waals surface area contributed by atoms with E-state index in [0.717, 1.165) is 6.07 Å². The standard InChI is InChI=1S/C10H12N2O4/c1-3-11-6-8-9(13)4-7(12(14)15)5-10(8)16-2/h4-6,13H,3H2,1-2H3. The molecule has 0 amide bonds. The molecule has 0 heterocycles. The molecule has 0 aromatic heterocycles. The lowest BCUT2D eigenvalue weighted by molar-refractivity contribution is -0.385. The largest absolute Gasteiger partial charge is 0.507 e. The number of non-ortho nitro benzene ring substituents is 1. The molecule has 0 aliphatic carbocycles. The topological polar surface area (TPSA) is 85.0 Å². The fourth-order valence-electron chi connectivity index (χ4n) is 1.18. The van der Waals surface area contributed by atoms with Crippen molar-refractivity contribution in [3.63, 3.8) is 0 Å². The maximum atomic E-state index is 10.6. The van der Waals surface area contributed by atoms with Gasteiger partial charge in [-0.3, -0.25) is 15.1 Å². The van der Waals surface area contributed by atoms with Crippen LogP contribution in [-0.2, 0) is 0 Å². The molecule has 0 spiro atoms. The van der Waals surface area contributed by atoms with Crippen molar-refractivity contribution in [1.82, 2.24) is 0 Å². The van der Waals surface area contributed by atoms with E-state index < -0.39 is 4.92 Å². The second-order valence-electron chi connectivity index (χ2n) is 2.97. The van der Waals surface area contributed by atoms with Crippen LogP contribution in [-0.4, -0.2) is 29.9 Å². The molecule has 0 unspecified atom stereocenters. The Hall–Kier alpha value is -2.11. The van der Waals surface area contributed by atoms with Gasteiger partial charge in [0.2, 0.25) is 0 Å². The Morgan fingerprint density at radius 3 is 2.81 bits per heavy atom. The molecule has 0 atom stereocenters. The zero-order valence-corrected chi connectivity index (χ0v) is 9.01. The maximum absolute atomic E-state index is 10.6. The van der Waals surface area contributed by atoms with Gasteiger partial charge in [-0.05, 0) is 6.92 Å². The molecule has 16 heavy (non-hydrogen) atoms. The molecular weight excluding hydrogens is 212 g/mol. The fourth-order valence-corrected chi connectivity index (χ4v) is 1.18. The van der Waals surface area contributed by atoms with Crippen LogP contribution < -0.4 is 4.74 Å². The normalized spacial score (nSPS) is 10.6. The lowest BCUT2D eigenvalue weighted by atomic mass is 10.1. The van der Waals surface area contributed by atoms with Crippen molar-refractivity contribution in [3.8, 4) is 11.5 Å². The first-order valence-electron chi connectivity index (χ1n) is 4.65. The molecule has 86 valence electrons. The number of rotatable bonds is 4. The van der Waals surface area contributed by atoms with Crippen LogP contribution in [0.15, 0.2) is 17.1 Å². The number of nitrogens with zero attached hydrogens (tertiary/aromatic N) is 2.